The van der Waals surface area contributed by atoms with E-state index in [9.17, 15) is 4.79 Å². The van der Waals surface area contributed by atoms with Crippen LogP contribution in [0.1, 0.15) is 35.7 Å². The summed E-state index contributed by atoms with van der Waals surface area (Å²) in [6.45, 7) is 6.69. The van der Waals surface area contributed by atoms with Crippen LogP contribution in [0.3, 0.4) is 0 Å². The highest BCUT2D eigenvalue weighted by molar-refractivity contribution is 5.85. The third kappa shape index (κ3) is 2.91. The number of ether oxygens (including phenoxy) is 1. The Morgan fingerprint density at radius 2 is 2.33 bits per heavy atom. The highest BCUT2D eigenvalue weighted by atomic mass is 16.5. The molecule has 1 aliphatic rings. The minimum Gasteiger partial charge on any atom is -0.377 e. The molecule has 1 aromatic rings. The molecule has 1 saturated heterocycles. The largest absolute Gasteiger partial charge is 0.377 e. The molecular weight excluding hydrogens is 226 g/mol. The van der Waals surface area contributed by atoms with Gasteiger partial charge in [-0.3, -0.25) is 4.79 Å². The van der Waals surface area contributed by atoms with Crippen LogP contribution in [0.15, 0.2) is 18.2 Å². The van der Waals surface area contributed by atoms with Crippen molar-refractivity contribution in [3.63, 3.8) is 0 Å². The van der Waals surface area contributed by atoms with Crippen LogP contribution in [0.2, 0.25) is 0 Å². The molecule has 98 valence electrons. The Labute approximate surface area is 109 Å². The van der Waals surface area contributed by atoms with Gasteiger partial charge < -0.3 is 9.64 Å². The lowest BCUT2D eigenvalue weighted by Crippen LogP contribution is -2.40. The highest BCUT2D eigenvalue weighted by Gasteiger charge is 2.21. The van der Waals surface area contributed by atoms with Gasteiger partial charge in [-0.1, -0.05) is 11.6 Å². The van der Waals surface area contributed by atoms with E-state index in [2.05, 4.69) is 11.0 Å². The van der Waals surface area contributed by atoms with E-state index >= 15 is 0 Å². The average Bonchev–Trinajstić information content (AvgIpc) is 2.39. The van der Waals surface area contributed by atoms with Crippen molar-refractivity contribution in [1.82, 2.24) is 0 Å². The predicted molar refractivity (Wildman–Crippen MR) is 73.4 cm³/mol. The van der Waals surface area contributed by atoms with Crippen molar-refractivity contribution in [3.05, 3.63) is 29.3 Å². The molecule has 0 aliphatic carbocycles. The summed E-state index contributed by atoms with van der Waals surface area (Å²) < 4.78 is 5.70. The number of rotatable bonds is 4. The van der Waals surface area contributed by atoms with E-state index in [0.29, 0.717) is 6.10 Å². The molecule has 1 unspecified atom stereocenters. The maximum absolute atomic E-state index is 11.2. The maximum atomic E-state index is 11.2. The summed E-state index contributed by atoms with van der Waals surface area (Å²) in [5, 5.41) is 0. The Morgan fingerprint density at radius 1 is 1.50 bits per heavy atom. The summed E-state index contributed by atoms with van der Waals surface area (Å²) in [4.78, 5) is 13.4. The summed E-state index contributed by atoms with van der Waals surface area (Å²) in [6, 6.07) is 6.06. The van der Waals surface area contributed by atoms with E-state index in [1.807, 2.05) is 26.0 Å². The van der Waals surface area contributed by atoms with Crippen LogP contribution < -0.4 is 4.90 Å². The van der Waals surface area contributed by atoms with Gasteiger partial charge in [-0.15, -0.1) is 0 Å². The van der Waals surface area contributed by atoms with Crippen molar-refractivity contribution in [2.45, 2.75) is 32.8 Å². The van der Waals surface area contributed by atoms with Gasteiger partial charge in [-0.25, -0.2) is 0 Å². The van der Waals surface area contributed by atoms with Gasteiger partial charge in [0.2, 0.25) is 0 Å². The number of anilines is 1. The average molecular weight is 247 g/mol. The third-order valence-electron chi connectivity index (χ3n) is 3.43. The van der Waals surface area contributed by atoms with Crippen molar-refractivity contribution in [1.29, 1.82) is 0 Å². The van der Waals surface area contributed by atoms with Crippen molar-refractivity contribution in [2.75, 3.05) is 24.6 Å². The van der Waals surface area contributed by atoms with Crippen molar-refractivity contribution in [3.8, 4) is 0 Å². The second kappa shape index (κ2) is 6.01. The first-order valence-corrected chi connectivity index (χ1v) is 6.67. The third-order valence-corrected chi connectivity index (χ3v) is 3.43. The van der Waals surface area contributed by atoms with E-state index in [1.165, 1.54) is 0 Å². The Morgan fingerprint density at radius 3 is 3.06 bits per heavy atom. The van der Waals surface area contributed by atoms with Crippen LogP contribution >= 0.6 is 0 Å². The first kappa shape index (κ1) is 13.1. The second-order valence-corrected chi connectivity index (χ2v) is 4.85. The quantitative estimate of drug-likeness (QED) is 0.766. The van der Waals surface area contributed by atoms with E-state index in [-0.39, 0.29) is 0 Å². The normalized spacial score (nSPS) is 19.9. The summed E-state index contributed by atoms with van der Waals surface area (Å²) in [5.41, 5.74) is 2.95. The van der Waals surface area contributed by atoms with Gasteiger partial charge in [-0.2, -0.15) is 0 Å². The minimum atomic E-state index is 0.296. The Hall–Kier alpha value is -1.35. The minimum absolute atomic E-state index is 0.296. The van der Waals surface area contributed by atoms with Gasteiger partial charge in [0.25, 0.3) is 0 Å². The lowest BCUT2D eigenvalue weighted by molar-refractivity contribution is 0.0526. The smallest absolute Gasteiger partial charge is 0.152 e. The maximum Gasteiger partial charge on any atom is 0.152 e. The lowest BCUT2D eigenvalue weighted by Gasteiger charge is -2.34. The van der Waals surface area contributed by atoms with Crippen molar-refractivity contribution < 1.29 is 9.53 Å². The van der Waals surface area contributed by atoms with E-state index in [1.54, 1.807) is 0 Å². The summed E-state index contributed by atoms with van der Waals surface area (Å²) in [7, 11) is 0. The SMILES string of the molecule is CCOC1CCCN(c2ccc(C)cc2C=O)C1. The Kier molecular flexibility index (Phi) is 4.37. The molecule has 1 heterocycles. The molecule has 0 radical (unpaired) electrons. The molecule has 18 heavy (non-hydrogen) atoms. The molecule has 0 amide bonds. The van der Waals surface area contributed by atoms with Crippen molar-refractivity contribution in [2.24, 2.45) is 0 Å². The van der Waals surface area contributed by atoms with E-state index in [0.717, 1.165) is 55.6 Å². The van der Waals surface area contributed by atoms with E-state index < -0.39 is 0 Å². The number of nitrogens with zero attached hydrogens (tertiary/aromatic N) is 1. The van der Waals surface area contributed by atoms with Gasteiger partial charge in [0.15, 0.2) is 6.29 Å². The second-order valence-electron chi connectivity index (χ2n) is 4.85. The van der Waals surface area contributed by atoms with Crippen LogP contribution in [0.25, 0.3) is 0 Å². The first-order valence-electron chi connectivity index (χ1n) is 6.67. The predicted octanol–water partition coefficient (Wildman–Crippen LogP) is 2.81. The summed E-state index contributed by atoms with van der Waals surface area (Å²) >= 11 is 0. The summed E-state index contributed by atoms with van der Waals surface area (Å²) in [6.07, 6.45) is 3.49. The first-order chi connectivity index (χ1) is 8.74. The number of piperidine rings is 1. The molecule has 0 aromatic heterocycles. The molecule has 3 nitrogen and oxygen atoms in total. The molecule has 1 aromatic carbocycles. The zero-order valence-corrected chi connectivity index (χ0v) is 11.2. The molecule has 0 N–H and O–H groups in total. The van der Waals surface area contributed by atoms with Gasteiger partial charge >= 0.3 is 0 Å². The molecule has 3 heteroatoms. The zero-order chi connectivity index (χ0) is 13.0. The van der Waals surface area contributed by atoms with E-state index in [4.69, 9.17) is 4.74 Å². The van der Waals surface area contributed by atoms with Gasteiger partial charge in [0, 0.05) is 30.9 Å². The zero-order valence-electron chi connectivity index (χ0n) is 11.2. The number of hydrogen-bond acceptors (Lipinski definition) is 3. The lowest BCUT2D eigenvalue weighted by atomic mass is 10.0. The molecule has 2 rings (SSSR count). The number of aryl methyl sites for hydroxylation is 1. The molecule has 0 spiro atoms. The van der Waals surface area contributed by atoms with Gasteiger partial charge in [0.05, 0.1) is 6.10 Å². The number of aldehydes is 1. The topological polar surface area (TPSA) is 29.5 Å². The molecule has 1 fully saturated rings. The van der Waals surface area contributed by atoms with Crippen LogP contribution in [-0.4, -0.2) is 32.1 Å². The number of carbonyl (C=O) groups is 1. The molecule has 0 bridgehead atoms. The number of hydrogen-bond donors (Lipinski definition) is 0. The Balaban J connectivity index is 2.17. The Bertz CT molecular complexity index is 415. The standard InChI is InChI=1S/C15H21NO2/c1-3-18-14-5-4-8-16(10-14)15-7-6-12(2)9-13(15)11-17/h6-7,9,11,14H,3-5,8,10H2,1-2H3. The number of carbonyl (C=O) groups excluding carboxylic acids is 1. The summed E-state index contributed by atoms with van der Waals surface area (Å²) in [5.74, 6) is 0. The van der Waals surface area contributed by atoms with Crippen LogP contribution in [0, 0.1) is 6.92 Å². The fraction of sp³-hybridized carbons (Fsp3) is 0.533. The fourth-order valence-corrected chi connectivity index (χ4v) is 2.59. The van der Waals surface area contributed by atoms with Gasteiger partial charge in [-0.05, 0) is 38.8 Å². The molecule has 1 aliphatic heterocycles. The molecular formula is C15H21NO2. The monoisotopic (exact) mass is 247 g/mol. The fourth-order valence-electron chi connectivity index (χ4n) is 2.59. The van der Waals surface area contributed by atoms with Crippen molar-refractivity contribution >= 4 is 12.0 Å². The van der Waals surface area contributed by atoms with Crippen LogP contribution in [-0.2, 0) is 4.74 Å². The number of benzene rings is 1. The molecule has 0 saturated carbocycles. The van der Waals surface area contributed by atoms with Crippen LogP contribution in [0.4, 0.5) is 5.69 Å². The van der Waals surface area contributed by atoms with Gasteiger partial charge in [0.1, 0.15) is 0 Å². The highest BCUT2D eigenvalue weighted by Crippen LogP contribution is 2.25. The van der Waals surface area contributed by atoms with Crippen LogP contribution in [0.5, 0.6) is 0 Å². The molecule has 1 atom stereocenters.